The number of carboxylic acids is 1. The number of aromatic nitrogens is 1. The molecule has 0 radical (unpaired) electrons. The van der Waals surface area contributed by atoms with Gasteiger partial charge in [0.2, 0.25) is 10.0 Å². The average Bonchev–Trinajstić information content (AvgIpc) is 2.81. The number of anilines is 1. The number of carbonyl (C=O) groups excluding carboxylic acids is 1. The molecule has 0 spiro atoms. The van der Waals surface area contributed by atoms with Crippen LogP contribution in [-0.2, 0) is 14.8 Å². The number of hydrogen-bond acceptors (Lipinski definition) is 6. The topological polar surface area (TPSA) is 151 Å². The van der Waals surface area contributed by atoms with Crippen molar-refractivity contribution < 1.29 is 23.1 Å². The smallest absolute Gasteiger partial charge is 0.323 e. The number of rotatable bonds is 7. The Morgan fingerprint density at radius 3 is 2.30 bits per heavy atom. The third-order valence-electron chi connectivity index (χ3n) is 4.37. The SMILES string of the molecule is Nc1cccc(C#Cc2ccc(C(=O)NCC(NS(=O)(=O)c3ccccc3)C(=O)O)cc2)n1. The summed E-state index contributed by atoms with van der Waals surface area (Å²) in [6.07, 6.45) is 0. The first-order chi connectivity index (χ1) is 15.7. The molecule has 3 rings (SSSR count). The summed E-state index contributed by atoms with van der Waals surface area (Å²) in [5.41, 5.74) is 7.02. The fraction of sp³-hybridized carbons (Fsp3) is 0.0870. The normalized spacial score (nSPS) is 11.6. The van der Waals surface area contributed by atoms with Gasteiger partial charge >= 0.3 is 5.97 Å². The molecule has 0 bridgehead atoms. The van der Waals surface area contributed by atoms with Crippen molar-refractivity contribution in [1.82, 2.24) is 15.0 Å². The molecule has 5 N–H and O–H groups in total. The monoisotopic (exact) mass is 464 g/mol. The Morgan fingerprint density at radius 2 is 1.67 bits per heavy atom. The van der Waals surface area contributed by atoms with Crippen molar-refractivity contribution in [2.75, 3.05) is 12.3 Å². The fourth-order valence-corrected chi connectivity index (χ4v) is 3.90. The number of nitrogens with one attached hydrogen (secondary N) is 2. The summed E-state index contributed by atoms with van der Waals surface area (Å²) < 4.78 is 26.8. The van der Waals surface area contributed by atoms with E-state index in [1.54, 1.807) is 36.4 Å². The van der Waals surface area contributed by atoms with Gasteiger partial charge in [0.1, 0.15) is 17.6 Å². The molecule has 10 heteroatoms. The molecule has 2 aromatic carbocycles. The van der Waals surface area contributed by atoms with E-state index in [0.29, 0.717) is 17.1 Å². The number of nitrogen functional groups attached to an aromatic ring is 1. The van der Waals surface area contributed by atoms with Crippen LogP contribution < -0.4 is 15.8 Å². The summed E-state index contributed by atoms with van der Waals surface area (Å²) in [6.45, 7) is -0.442. The van der Waals surface area contributed by atoms with E-state index in [1.807, 2.05) is 0 Å². The van der Waals surface area contributed by atoms with Gasteiger partial charge in [0.15, 0.2) is 0 Å². The van der Waals surface area contributed by atoms with Gasteiger partial charge in [-0.1, -0.05) is 30.2 Å². The van der Waals surface area contributed by atoms with E-state index in [-0.39, 0.29) is 10.5 Å². The third-order valence-corrected chi connectivity index (χ3v) is 5.86. The van der Waals surface area contributed by atoms with E-state index in [1.165, 1.54) is 36.4 Å². The minimum atomic E-state index is -4.06. The van der Waals surface area contributed by atoms with Gasteiger partial charge in [0.05, 0.1) is 4.90 Å². The number of nitrogens with two attached hydrogens (primary N) is 1. The number of carbonyl (C=O) groups is 2. The highest BCUT2D eigenvalue weighted by molar-refractivity contribution is 7.89. The molecule has 0 saturated heterocycles. The third kappa shape index (κ3) is 6.64. The van der Waals surface area contributed by atoms with E-state index < -0.39 is 34.5 Å². The lowest BCUT2D eigenvalue weighted by Gasteiger charge is -2.15. The van der Waals surface area contributed by atoms with Crippen molar-refractivity contribution in [3.63, 3.8) is 0 Å². The van der Waals surface area contributed by atoms with Crippen LogP contribution in [0.2, 0.25) is 0 Å². The van der Waals surface area contributed by atoms with Crippen LogP contribution in [0.15, 0.2) is 77.7 Å². The zero-order chi connectivity index (χ0) is 23.8. The number of sulfonamides is 1. The van der Waals surface area contributed by atoms with Gasteiger partial charge in [-0.3, -0.25) is 9.59 Å². The quantitative estimate of drug-likeness (QED) is 0.384. The molecule has 1 aromatic heterocycles. The molecule has 0 fully saturated rings. The van der Waals surface area contributed by atoms with Crippen LogP contribution in [0.4, 0.5) is 5.82 Å². The minimum Gasteiger partial charge on any atom is -0.480 e. The Labute approximate surface area is 190 Å². The van der Waals surface area contributed by atoms with E-state index in [2.05, 4.69) is 26.9 Å². The lowest BCUT2D eigenvalue weighted by molar-refractivity contribution is -0.138. The second kappa shape index (κ2) is 10.4. The number of nitrogens with zero attached hydrogens (tertiary/aromatic N) is 1. The van der Waals surface area contributed by atoms with Crippen molar-refractivity contribution in [1.29, 1.82) is 0 Å². The molecule has 0 aliphatic rings. The second-order valence-electron chi connectivity index (χ2n) is 6.81. The first kappa shape index (κ1) is 23.5. The maximum Gasteiger partial charge on any atom is 0.323 e. The number of amides is 1. The average molecular weight is 465 g/mol. The van der Waals surface area contributed by atoms with Gasteiger partial charge in [-0.2, -0.15) is 4.72 Å². The van der Waals surface area contributed by atoms with Gasteiger partial charge in [0, 0.05) is 17.7 Å². The standard InChI is InChI=1S/C23H20N4O5S/c24-21-8-4-5-18(26-21)14-11-16-9-12-17(13-10-16)22(28)25-15-20(23(29)30)27-33(31,32)19-6-2-1-3-7-19/h1-10,12-13,20,27H,15H2,(H2,24,26)(H,25,28)(H,29,30). The van der Waals surface area contributed by atoms with Gasteiger partial charge in [-0.25, -0.2) is 13.4 Å². The first-order valence-electron chi connectivity index (χ1n) is 9.67. The molecule has 168 valence electrons. The molecule has 0 saturated carbocycles. The fourth-order valence-electron chi connectivity index (χ4n) is 2.69. The summed E-state index contributed by atoms with van der Waals surface area (Å²) in [6, 6.07) is 17.2. The van der Waals surface area contributed by atoms with Gasteiger partial charge in [-0.15, -0.1) is 0 Å². The zero-order valence-electron chi connectivity index (χ0n) is 17.2. The molecule has 9 nitrogen and oxygen atoms in total. The number of benzene rings is 2. The summed E-state index contributed by atoms with van der Waals surface area (Å²) in [5.74, 6) is 4.15. The zero-order valence-corrected chi connectivity index (χ0v) is 18.0. The highest BCUT2D eigenvalue weighted by Gasteiger charge is 2.25. The van der Waals surface area contributed by atoms with Gasteiger partial charge in [-0.05, 0) is 54.5 Å². The molecule has 1 atom stereocenters. The Bertz CT molecular complexity index is 1310. The van der Waals surface area contributed by atoms with Crippen LogP contribution in [0.1, 0.15) is 21.6 Å². The lowest BCUT2D eigenvalue weighted by Crippen LogP contribution is -2.48. The van der Waals surface area contributed by atoms with E-state index in [0.717, 1.165) is 0 Å². The molecule has 1 unspecified atom stereocenters. The van der Waals surface area contributed by atoms with E-state index >= 15 is 0 Å². The van der Waals surface area contributed by atoms with E-state index in [9.17, 15) is 23.1 Å². The van der Waals surface area contributed by atoms with Crippen molar-refractivity contribution >= 4 is 27.7 Å². The maximum absolute atomic E-state index is 12.4. The molecular weight excluding hydrogens is 444 g/mol. The van der Waals surface area contributed by atoms with Crippen LogP contribution >= 0.6 is 0 Å². The first-order valence-corrected chi connectivity index (χ1v) is 11.2. The number of pyridine rings is 1. The second-order valence-corrected chi connectivity index (χ2v) is 8.52. The van der Waals surface area contributed by atoms with Gasteiger partial charge < -0.3 is 16.2 Å². The van der Waals surface area contributed by atoms with Crippen molar-refractivity contribution in [3.05, 3.63) is 89.6 Å². The Morgan fingerprint density at radius 1 is 0.970 bits per heavy atom. The number of carboxylic acid groups (broad SMARTS) is 1. The number of aliphatic carboxylic acids is 1. The highest BCUT2D eigenvalue weighted by Crippen LogP contribution is 2.09. The highest BCUT2D eigenvalue weighted by atomic mass is 32.2. The number of hydrogen-bond donors (Lipinski definition) is 4. The Kier molecular flexibility index (Phi) is 7.40. The summed E-state index contributed by atoms with van der Waals surface area (Å²) in [4.78, 5) is 27.9. The van der Waals surface area contributed by atoms with Crippen LogP contribution in [0, 0.1) is 11.8 Å². The molecule has 33 heavy (non-hydrogen) atoms. The molecule has 0 aliphatic carbocycles. The van der Waals surface area contributed by atoms with Crippen molar-refractivity contribution in [2.24, 2.45) is 0 Å². The van der Waals surface area contributed by atoms with Crippen LogP contribution in [0.25, 0.3) is 0 Å². The van der Waals surface area contributed by atoms with Crippen molar-refractivity contribution in [2.45, 2.75) is 10.9 Å². The minimum absolute atomic E-state index is 0.0762. The van der Waals surface area contributed by atoms with Crippen molar-refractivity contribution in [3.8, 4) is 11.8 Å². The maximum atomic E-state index is 12.4. The lowest BCUT2D eigenvalue weighted by atomic mass is 10.1. The molecule has 1 heterocycles. The van der Waals surface area contributed by atoms with E-state index in [4.69, 9.17) is 5.73 Å². The van der Waals surface area contributed by atoms with Crippen LogP contribution in [-0.4, -0.2) is 43.0 Å². The Balaban J connectivity index is 1.62. The largest absolute Gasteiger partial charge is 0.480 e. The predicted octanol–water partition coefficient (Wildman–Crippen LogP) is 1.23. The summed E-state index contributed by atoms with van der Waals surface area (Å²) in [5, 5.41) is 11.8. The molecule has 0 aliphatic heterocycles. The van der Waals surface area contributed by atoms with Gasteiger partial charge in [0.25, 0.3) is 5.91 Å². The molecular formula is C23H20N4O5S. The summed E-state index contributed by atoms with van der Waals surface area (Å²) in [7, 11) is -4.06. The predicted molar refractivity (Wildman–Crippen MR) is 122 cm³/mol. The molecule has 1 amide bonds. The van der Waals surface area contributed by atoms with Crippen LogP contribution in [0.5, 0.6) is 0 Å². The Hall–Kier alpha value is -4.20. The molecule has 3 aromatic rings. The summed E-state index contributed by atoms with van der Waals surface area (Å²) >= 11 is 0. The van der Waals surface area contributed by atoms with Crippen LogP contribution in [0.3, 0.4) is 0 Å².